The number of sulfone groups is 1. The first-order valence-corrected chi connectivity index (χ1v) is 7.84. The van der Waals surface area contributed by atoms with Crippen LogP contribution in [0.1, 0.15) is 17.3 Å². The summed E-state index contributed by atoms with van der Waals surface area (Å²) >= 11 is 0. The molecule has 0 fully saturated rings. The van der Waals surface area contributed by atoms with E-state index in [2.05, 4.69) is 0 Å². The lowest BCUT2D eigenvalue weighted by Crippen LogP contribution is -2.16. The zero-order valence-corrected chi connectivity index (χ0v) is 12.5. The van der Waals surface area contributed by atoms with Crippen LogP contribution in [0.15, 0.2) is 12.1 Å². The predicted octanol–water partition coefficient (Wildman–Crippen LogP) is 1.33. The molecule has 112 valence electrons. The van der Waals surface area contributed by atoms with Crippen LogP contribution in [0.3, 0.4) is 0 Å². The van der Waals surface area contributed by atoms with Gasteiger partial charge in [-0.15, -0.1) is 0 Å². The quantitative estimate of drug-likeness (QED) is 0.674. The van der Waals surface area contributed by atoms with Crippen molar-refractivity contribution in [3.05, 3.63) is 17.7 Å². The Labute approximate surface area is 118 Å². The molecule has 0 N–H and O–H groups in total. The highest BCUT2D eigenvalue weighted by Crippen LogP contribution is 2.38. The lowest BCUT2D eigenvalue weighted by Gasteiger charge is -2.14. The van der Waals surface area contributed by atoms with Crippen LogP contribution in [0.2, 0.25) is 0 Å². The molecule has 1 rings (SSSR count). The number of rotatable bonds is 8. The van der Waals surface area contributed by atoms with Crippen molar-refractivity contribution in [3.8, 4) is 17.2 Å². The van der Waals surface area contributed by atoms with Gasteiger partial charge in [0, 0.05) is 11.3 Å². The predicted molar refractivity (Wildman–Crippen MR) is 74.8 cm³/mol. The van der Waals surface area contributed by atoms with Gasteiger partial charge in [-0.25, -0.2) is 8.42 Å². The fourth-order valence-electron chi connectivity index (χ4n) is 1.53. The Morgan fingerprint density at radius 2 is 1.70 bits per heavy atom. The maximum absolute atomic E-state index is 11.4. The molecule has 20 heavy (non-hydrogen) atoms. The monoisotopic (exact) mass is 302 g/mol. The second kappa shape index (κ2) is 7.14. The molecule has 0 spiro atoms. The Balaban J connectivity index is 2.96. The summed E-state index contributed by atoms with van der Waals surface area (Å²) in [6, 6.07) is 3.00. The van der Waals surface area contributed by atoms with Gasteiger partial charge in [-0.1, -0.05) is 6.92 Å². The molecular weight excluding hydrogens is 284 g/mol. The normalized spacial score (nSPS) is 10.9. The van der Waals surface area contributed by atoms with Gasteiger partial charge in [-0.3, -0.25) is 4.79 Å². The van der Waals surface area contributed by atoms with E-state index in [1.165, 1.54) is 26.4 Å². The number of hydrogen-bond acceptors (Lipinski definition) is 6. The summed E-state index contributed by atoms with van der Waals surface area (Å²) in [5.41, 5.74) is 0.382. The molecule has 0 aromatic heterocycles. The maximum Gasteiger partial charge on any atom is 0.203 e. The van der Waals surface area contributed by atoms with Crippen molar-refractivity contribution in [2.24, 2.45) is 0 Å². The molecule has 7 heteroatoms. The highest BCUT2D eigenvalue weighted by molar-refractivity contribution is 7.91. The summed E-state index contributed by atoms with van der Waals surface area (Å²) in [7, 11) is -0.245. The first kappa shape index (κ1) is 16.3. The smallest absolute Gasteiger partial charge is 0.203 e. The third-order valence-electron chi connectivity index (χ3n) is 2.70. The van der Waals surface area contributed by atoms with Crippen LogP contribution in [-0.2, 0) is 9.84 Å². The fourth-order valence-corrected chi connectivity index (χ4v) is 2.15. The topological polar surface area (TPSA) is 78.9 Å². The van der Waals surface area contributed by atoms with E-state index in [0.29, 0.717) is 23.3 Å². The number of aldehydes is 1. The van der Waals surface area contributed by atoms with Crippen molar-refractivity contribution >= 4 is 16.1 Å². The van der Waals surface area contributed by atoms with Crippen LogP contribution in [0, 0.1) is 0 Å². The van der Waals surface area contributed by atoms with E-state index in [1.807, 2.05) is 0 Å². The van der Waals surface area contributed by atoms with E-state index in [4.69, 9.17) is 14.2 Å². The van der Waals surface area contributed by atoms with E-state index in [0.717, 1.165) is 0 Å². The second-order valence-corrected chi connectivity index (χ2v) is 6.43. The van der Waals surface area contributed by atoms with Crippen molar-refractivity contribution in [2.75, 3.05) is 32.3 Å². The molecule has 0 saturated heterocycles. The first-order valence-electron chi connectivity index (χ1n) is 6.01. The minimum atomic E-state index is -3.10. The average Bonchev–Trinajstić information content (AvgIpc) is 2.46. The molecule has 0 unspecified atom stereocenters. The summed E-state index contributed by atoms with van der Waals surface area (Å²) in [5, 5.41) is 0. The zero-order chi connectivity index (χ0) is 15.2. The van der Waals surface area contributed by atoms with Crippen molar-refractivity contribution < 1.29 is 27.4 Å². The average molecular weight is 302 g/mol. The molecule has 0 radical (unpaired) electrons. The van der Waals surface area contributed by atoms with Crippen LogP contribution in [0.4, 0.5) is 0 Å². The third-order valence-corrected chi connectivity index (χ3v) is 4.37. The highest BCUT2D eigenvalue weighted by Gasteiger charge is 2.15. The zero-order valence-electron chi connectivity index (χ0n) is 11.7. The number of hydrogen-bond donors (Lipinski definition) is 0. The van der Waals surface area contributed by atoms with E-state index >= 15 is 0 Å². The number of carbonyl (C=O) groups excluding carboxylic acids is 1. The summed E-state index contributed by atoms with van der Waals surface area (Å²) < 4.78 is 38.5. The summed E-state index contributed by atoms with van der Waals surface area (Å²) in [4.78, 5) is 10.8. The van der Waals surface area contributed by atoms with Crippen LogP contribution in [0.25, 0.3) is 0 Å². The van der Waals surface area contributed by atoms with Gasteiger partial charge in [-0.05, 0) is 12.1 Å². The van der Waals surface area contributed by atoms with Crippen molar-refractivity contribution in [1.29, 1.82) is 0 Å². The molecular formula is C13H18O6S. The summed E-state index contributed by atoms with van der Waals surface area (Å²) in [6.45, 7) is 1.57. The van der Waals surface area contributed by atoms with Crippen molar-refractivity contribution in [2.45, 2.75) is 6.92 Å². The van der Waals surface area contributed by atoms with E-state index in [1.54, 1.807) is 6.92 Å². The van der Waals surface area contributed by atoms with Crippen molar-refractivity contribution in [1.82, 2.24) is 0 Å². The molecule has 0 saturated carbocycles. The largest absolute Gasteiger partial charge is 0.493 e. The lowest BCUT2D eigenvalue weighted by molar-refractivity contribution is 0.112. The molecule has 1 aromatic rings. The molecule has 0 aliphatic carbocycles. The highest BCUT2D eigenvalue weighted by atomic mass is 32.2. The van der Waals surface area contributed by atoms with E-state index in [9.17, 15) is 13.2 Å². The van der Waals surface area contributed by atoms with Crippen LogP contribution >= 0.6 is 0 Å². The van der Waals surface area contributed by atoms with Gasteiger partial charge in [0.1, 0.15) is 12.9 Å². The Hall–Kier alpha value is -1.76. The summed E-state index contributed by atoms with van der Waals surface area (Å²) in [5.74, 6) is 0.896. The minimum Gasteiger partial charge on any atom is -0.493 e. The first-order chi connectivity index (χ1) is 9.47. The molecule has 0 amide bonds. The van der Waals surface area contributed by atoms with Crippen LogP contribution < -0.4 is 14.2 Å². The van der Waals surface area contributed by atoms with Gasteiger partial charge < -0.3 is 14.2 Å². The molecule has 0 bridgehead atoms. The summed E-state index contributed by atoms with van der Waals surface area (Å²) in [6.07, 6.45) is 0.663. The van der Waals surface area contributed by atoms with E-state index < -0.39 is 9.84 Å². The molecule has 0 atom stereocenters. The van der Waals surface area contributed by atoms with Gasteiger partial charge >= 0.3 is 0 Å². The Kier molecular flexibility index (Phi) is 5.82. The second-order valence-electron chi connectivity index (χ2n) is 3.96. The molecule has 0 aliphatic rings. The SMILES string of the molecule is CCS(=O)(=O)CCOc1c(OC)cc(C=O)cc1OC. The third kappa shape index (κ3) is 4.12. The number of benzene rings is 1. The number of carbonyl (C=O) groups is 1. The Bertz CT molecular complexity index is 539. The molecule has 0 heterocycles. The van der Waals surface area contributed by atoms with Gasteiger partial charge in [0.25, 0.3) is 0 Å². The lowest BCUT2D eigenvalue weighted by atomic mass is 10.2. The Morgan fingerprint density at radius 3 is 2.10 bits per heavy atom. The van der Waals surface area contributed by atoms with E-state index in [-0.39, 0.29) is 23.9 Å². The number of ether oxygens (including phenoxy) is 3. The molecule has 1 aromatic carbocycles. The van der Waals surface area contributed by atoms with Gasteiger partial charge in [0.2, 0.25) is 5.75 Å². The fraction of sp³-hybridized carbons (Fsp3) is 0.462. The van der Waals surface area contributed by atoms with Gasteiger partial charge in [0.05, 0.1) is 20.0 Å². The van der Waals surface area contributed by atoms with Crippen molar-refractivity contribution in [3.63, 3.8) is 0 Å². The maximum atomic E-state index is 11.4. The minimum absolute atomic E-state index is 0.0106. The molecule has 0 aliphatic heterocycles. The van der Waals surface area contributed by atoms with Crippen LogP contribution in [0.5, 0.6) is 17.2 Å². The molecule has 6 nitrogen and oxygen atoms in total. The van der Waals surface area contributed by atoms with Crippen LogP contribution in [-0.4, -0.2) is 47.0 Å². The van der Waals surface area contributed by atoms with Gasteiger partial charge in [0.15, 0.2) is 21.3 Å². The Morgan fingerprint density at radius 1 is 1.15 bits per heavy atom. The van der Waals surface area contributed by atoms with Gasteiger partial charge in [-0.2, -0.15) is 0 Å². The standard InChI is InChI=1S/C13H18O6S/c1-4-20(15,16)6-5-19-13-11(17-2)7-10(9-14)8-12(13)18-3/h7-9H,4-6H2,1-3H3. The number of methoxy groups -OCH3 is 2.